The molecule has 1 aromatic heterocycles. The van der Waals surface area contributed by atoms with Gasteiger partial charge < -0.3 is 15.4 Å². The Bertz CT molecular complexity index is 1060. The minimum absolute atomic E-state index is 0.0425. The van der Waals surface area contributed by atoms with Gasteiger partial charge in [0, 0.05) is 37.1 Å². The van der Waals surface area contributed by atoms with Crippen molar-refractivity contribution in [3.63, 3.8) is 0 Å². The maximum absolute atomic E-state index is 13.0. The van der Waals surface area contributed by atoms with Crippen molar-refractivity contribution in [1.82, 2.24) is 19.8 Å². The van der Waals surface area contributed by atoms with Crippen LogP contribution in [0.15, 0.2) is 48.5 Å². The molecular weight excluding hydrogens is 390 g/mol. The van der Waals surface area contributed by atoms with Crippen LogP contribution in [-0.4, -0.2) is 58.5 Å². The molecule has 1 amide bonds. The zero-order valence-corrected chi connectivity index (χ0v) is 18.1. The maximum atomic E-state index is 13.0. The summed E-state index contributed by atoms with van der Waals surface area (Å²) < 4.78 is 5.77. The lowest BCUT2D eigenvalue weighted by molar-refractivity contribution is 0.0625. The molecule has 2 aromatic carbocycles. The number of hydrogen-bond acceptors (Lipinski definition) is 6. The molecular formula is C24H29N5O2. The number of amides is 1. The van der Waals surface area contributed by atoms with Crippen LogP contribution in [0.25, 0.3) is 10.9 Å². The third-order valence-electron chi connectivity index (χ3n) is 5.37. The summed E-state index contributed by atoms with van der Waals surface area (Å²) in [6.45, 7) is 8.33. The predicted octanol–water partition coefficient (Wildman–Crippen LogP) is 3.20. The third-order valence-corrected chi connectivity index (χ3v) is 5.37. The quantitative estimate of drug-likeness (QED) is 0.660. The highest BCUT2D eigenvalue weighted by Crippen LogP contribution is 2.19. The highest BCUT2D eigenvalue weighted by atomic mass is 16.5. The molecule has 0 radical (unpaired) electrons. The monoisotopic (exact) mass is 419 g/mol. The van der Waals surface area contributed by atoms with E-state index in [4.69, 9.17) is 10.5 Å². The van der Waals surface area contributed by atoms with Crippen molar-refractivity contribution in [2.75, 3.05) is 38.5 Å². The molecule has 1 aliphatic heterocycles. The SMILES string of the molecule is CC(C)COc1cccc(C(=O)N2CCN(Cc3nc(N)c4ccccc4n3)CC2)c1. The maximum Gasteiger partial charge on any atom is 0.254 e. The number of nitrogens with two attached hydrogens (primary N) is 1. The van der Waals surface area contributed by atoms with Gasteiger partial charge in [0.25, 0.3) is 5.91 Å². The molecule has 31 heavy (non-hydrogen) atoms. The molecule has 0 spiro atoms. The summed E-state index contributed by atoms with van der Waals surface area (Å²) in [5.41, 5.74) is 7.63. The van der Waals surface area contributed by atoms with Gasteiger partial charge in [-0.1, -0.05) is 32.0 Å². The van der Waals surface area contributed by atoms with E-state index in [1.54, 1.807) is 0 Å². The summed E-state index contributed by atoms with van der Waals surface area (Å²) in [4.78, 5) is 26.2. The molecule has 1 aliphatic rings. The molecule has 2 N–H and O–H groups in total. The second kappa shape index (κ2) is 9.31. The van der Waals surface area contributed by atoms with Gasteiger partial charge in [-0.15, -0.1) is 0 Å². The molecule has 0 atom stereocenters. The van der Waals surface area contributed by atoms with Crippen LogP contribution in [-0.2, 0) is 6.54 Å². The average molecular weight is 420 g/mol. The van der Waals surface area contributed by atoms with Crippen molar-refractivity contribution < 1.29 is 9.53 Å². The molecule has 2 heterocycles. The summed E-state index contributed by atoms with van der Waals surface area (Å²) in [7, 11) is 0. The molecule has 1 fully saturated rings. The van der Waals surface area contributed by atoms with Crippen molar-refractivity contribution in [3.8, 4) is 5.75 Å². The van der Waals surface area contributed by atoms with Crippen molar-refractivity contribution in [2.45, 2.75) is 20.4 Å². The Hall–Kier alpha value is -3.19. The minimum atomic E-state index is 0.0425. The third kappa shape index (κ3) is 5.11. The standard InChI is InChI=1S/C24H29N5O2/c1-17(2)16-31-19-7-5-6-18(14-19)24(30)29-12-10-28(11-13-29)15-22-26-21-9-4-3-8-20(21)23(25)27-22/h3-9,14,17H,10-13,15-16H2,1-2H3,(H2,25,26,27). The molecule has 3 aromatic rings. The molecule has 0 aliphatic carbocycles. The van der Waals surface area contributed by atoms with Gasteiger partial charge in [-0.25, -0.2) is 9.97 Å². The fourth-order valence-electron chi connectivity index (χ4n) is 3.70. The zero-order valence-electron chi connectivity index (χ0n) is 18.1. The molecule has 0 saturated carbocycles. The number of piperazine rings is 1. The van der Waals surface area contributed by atoms with Gasteiger partial charge in [0.05, 0.1) is 18.7 Å². The van der Waals surface area contributed by atoms with E-state index in [0.717, 1.165) is 29.7 Å². The van der Waals surface area contributed by atoms with Gasteiger partial charge in [0.2, 0.25) is 0 Å². The van der Waals surface area contributed by atoms with E-state index in [9.17, 15) is 4.79 Å². The molecule has 0 bridgehead atoms. The van der Waals surface area contributed by atoms with E-state index in [2.05, 4.69) is 28.7 Å². The minimum Gasteiger partial charge on any atom is -0.493 e. The van der Waals surface area contributed by atoms with Crippen LogP contribution in [0, 0.1) is 5.92 Å². The number of nitrogen functional groups attached to an aromatic ring is 1. The van der Waals surface area contributed by atoms with Crippen molar-refractivity contribution in [2.24, 2.45) is 5.92 Å². The second-order valence-electron chi connectivity index (χ2n) is 8.34. The first-order valence-electron chi connectivity index (χ1n) is 10.7. The van der Waals surface area contributed by atoms with Gasteiger partial charge in [-0.3, -0.25) is 9.69 Å². The number of para-hydroxylation sites is 1. The van der Waals surface area contributed by atoms with Gasteiger partial charge in [0.15, 0.2) is 0 Å². The van der Waals surface area contributed by atoms with E-state index >= 15 is 0 Å². The number of ether oxygens (including phenoxy) is 1. The Morgan fingerprint density at radius 1 is 1.06 bits per heavy atom. The topological polar surface area (TPSA) is 84.6 Å². The van der Waals surface area contributed by atoms with Crippen molar-refractivity contribution >= 4 is 22.6 Å². The number of carbonyl (C=O) groups excluding carboxylic acids is 1. The number of rotatable bonds is 6. The van der Waals surface area contributed by atoms with Crippen LogP contribution in [0.4, 0.5) is 5.82 Å². The van der Waals surface area contributed by atoms with E-state index < -0.39 is 0 Å². The van der Waals surface area contributed by atoms with Gasteiger partial charge in [0.1, 0.15) is 17.4 Å². The Kier molecular flexibility index (Phi) is 6.32. The molecule has 1 saturated heterocycles. The number of hydrogen-bond donors (Lipinski definition) is 1. The number of benzene rings is 2. The Morgan fingerprint density at radius 2 is 1.84 bits per heavy atom. The first-order chi connectivity index (χ1) is 15.0. The number of fused-ring (bicyclic) bond motifs is 1. The van der Waals surface area contributed by atoms with Crippen molar-refractivity contribution in [1.29, 1.82) is 0 Å². The highest BCUT2D eigenvalue weighted by Gasteiger charge is 2.23. The summed E-state index contributed by atoms with van der Waals surface area (Å²) in [6, 6.07) is 15.2. The summed E-state index contributed by atoms with van der Waals surface area (Å²) >= 11 is 0. The van der Waals surface area contributed by atoms with E-state index in [-0.39, 0.29) is 5.91 Å². The van der Waals surface area contributed by atoms with E-state index in [0.29, 0.717) is 49.4 Å². The lowest BCUT2D eigenvalue weighted by Gasteiger charge is -2.34. The van der Waals surface area contributed by atoms with Crippen LogP contribution in [0.3, 0.4) is 0 Å². The normalized spacial score (nSPS) is 14.9. The van der Waals surface area contributed by atoms with E-state index in [1.807, 2.05) is 53.4 Å². The lowest BCUT2D eigenvalue weighted by Crippen LogP contribution is -2.48. The molecule has 0 unspecified atom stereocenters. The highest BCUT2D eigenvalue weighted by molar-refractivity contribution is 5.94. The first-order valence-corrected chi connectivity index (χ1v) is 10.7. The van der Waals surface area contributed by atoms with Crippen LogP contribution >= 0.6 is 0 Å². The van der Waals surface area contributed by atoms with E-state index in [1.165, 1.54) is 0 Å². The van der Waals surface area contributed by atoms with Crippen LogP contribution < -0.4 is 10.5 Å². The zero-order chi connectivity index (χ0) is 21.8. The molecule has 162 valence electrons. The van der Waals surface area contributed by atoms with Crippen LogP contribution in [0.2, 0.25) is 0 Å². The van der Waals surface area contributed by atoms with Gasteiger partial charge in [-0.05, 0) is 36.2 Å². The number of nitrogens with zero attached hydrogens (tertiary/aromatic N) is 4. The van der Waals surface area contributed by atoms with Gasteiger partial charge >= 0.3 is 0 Å². The fourth-order valence-corrected chi connectivity index (χ4v) is 3.70. The predicted molar refractivity (Wildman–Crippen MR) is 122 cm³/mol. The van der Waals surface area contributed by atoms with Crippen molar-refractivity contribution in [3.05, 3.63) is 59.9 Å². The second-order valence-corrected chi connectivity index (χ2v) is 8.34. The fraction of sp³-hybridized carbons (Fsp3) is 0.375. The smallest absolute Gasteiger partial charge is 0.254 e. The lowest BCUT2D eigenvalue weighted by atomic mass is 10.1. The molecule has 4 rings (SSSR count). The molecule has 7 nitrogen and oxygen atoms in total. The Balaban J connectivity index is 1.35. The average Bonchev–Trinajstić information content (AvgIpc) is 2.78. The number of carbonyl (C=O) groups is 1. The summed E-state index contributed by atoms with van der Waals surface area (Å²) in [6.07, 6.45) is 0. The largest absolute Gasteiger partial charge is 0.493 e. The summed E-state index contributed by atoms with van der Waals surface area (Å²) in [5, 5.41) is 0.876. The number of aromatic nitrogens is 2. The Morgan fingerprint density at radius 3 is 2.61 bits per heavy atom. The van der Waals surface area contributed by atoms with Crippen LogP contribution in [0.1, 0.15) is 30.0 Å². The Labute approximate surface area is 182 Å². The van der Waals surface area contributed by atoms with Gasteiger partial charge in [-0.2, -0.15) is 0 Å². The number of anilines is 1. The van der Waals surface area contributed by atoms with Crippen LogP contribution in [0.5, 0.6) is 5.75 Å². The molecule has 7 heteroatoms. The summed E-state index contributed by atoms with van der Waals surface area (Å²) in [5.74, 6) is 2.44. The first kappa shape index (κ1) is 21.1.